The average molecular weight is 167 g/mol. The van der Waals surface area contributed by atoms with Crippen molar-refractivity contribution in [1.82, 2.24) is 0 Å². The van der Waals surface area contributed by atoms with E-state index in [0.717, 1.165) is 5.75 Å². The SMILES string of the molecule is CSCC(Cl)C(C)(C)C. The molecule has 0 aliphatic rings. The second kappa shape index (κ2) is 3.72. The Hall–Kier alpha value is 0.640. The van der Waals surface area contributed by atoms with Gasteiger partial charge in [0.05, 0.1) is 0 Å². The van der Waals surface area contributed by atoms with Crippen molar-refractivity contribution in [2.24, 2.45) is 5.41 Å². The van der Waals surface area contributed by atoms with Gasteiger partial charge in [-0.05, 0) is 11.7 Å². The maximum absolute atomic E-state index is 6.04. The maximum atomic E-state index is 6.04. The fraction of sp³-hybridized carbons (Fsp3) is 1.00. The summed E-state index contributed by atoms with van der Waals surface area (Å²) in [4.78, 5) is 0. The number of alkyl halides is 1. The number of rotatable bonds is 2. The van der Waals surface area contributed by atoms with Gasteiger partial charge in [0, 0.05) is 11.1 Å². The Balaban J connectivity index is 3.59. The van der Waals surface area contributed by atoms with Gasteiger partial charge in [0.25, 0.3) is 0 Å². The summed E-state index contributed by atoms with van der Waals surface area (Å²) in [7, 11) is 0. The molecule has 0 amide bonds. The van der Waals surface area contributed by atoms with E-state index in [4.69, 9.17) is 11.6 Å². The number of thioether (sulfide) groups is 1. The molecule has 0 aromatic carbocycles. The Morgan fingerprint density at radius 1 is 1.44 bits per heavy atom. The minimum atomic E-state index is 0.255. The third-order valence-electron chi connectivity index (χ3n) is 1.25. The maximum Gasteiger partial charge on any atom is 0.0474 e. The van der Waals surface area contributed by atoms with Gasteiger partial charge >= 0.3 is 0 Å². The van der Waals surface area contributed by atoms with Gasteiger partial charge in [-0.2, -0.15) is 11.8 Å². The highest BCUT2D eigenvalue weighted by atomic mass is 35.5. The highest BCUT2D eigenvalue weighted by Crippen LogP contribution is 2.26. The molecule has 0 aromatic rings. The predicted octanol–water partition coefficient (Wildman–Crippen LogP) is 3.00. The zero-order valence-electron chi connectivity index (χ0n) is 6.57. The van der Waals surface area contributed by atoms with Crippen LogP contribution in [0.25, 0.3) is 0 Å². The summed E-state index contributed by atoms with van der Waals surface area (Å²) < 4.78 is 0. The van der Waals surface area contributed by atoms with Crippen LogP contribution in [0.3, 0.4) is 0 Å². The van der Waals surface area contributed by atoms with Gasteiger partial charge in [0.1, 0.15) is 0 Å². The van der Waals surface area contributed by atoms with E-state index in [9.17, 15) is 0 Å². The van der Waals surface area contributed by atoms with Crippen LogP contribution in [0.5, 0.6) is 0 Å². The number of hydrogen-bond donors (Lipinski definition) is 0. The molecule has 0 spiro atoms. The second-order valence-electron chi connectivity index (χ2n) is 3.29. The van der Waals surface area contributed by atoms with Crippen molar-refractivity contribution >= 4 is 23.4 Å². The zero-order valence-corrected chi connectivity index (χ0v) is 8.14. The minimum Gasteiger partial charge on any atom is -0.164 e. The van der Waals surface area contributed by atoms with Gasteiger partial charge in [0.2, 0.25) is 0 Å². The van der Waals surface area contributed by atoms with Crippen LogP contribution in [-0.2, 0) is 0 Å². The van der Waals surface area contributed by atoms with Crippen molar-refractivity contribution < 1.29 is 0 Å². The van der Waals surface area contributed by atoms with Crippen LogP contribution < -0.4 is 0 Å². The molecule has 0 saturated carbocycles. The third kappa shape index (κ3) is 4.10. The van der Waals surface area contributed by atoms with Crippen molar-refractivity contribution in [3.8, 4) is 0 Å². The van der Waals surface area contributed by atoms with Gasteiger partial charge in [0.15, 0.2) is 0 Å². The largest absolute Gasteiger partial charge is 0.164 e. The van der Waals surface area contributed by atoms with E-state index >= 15 is 0 Å². The topological polar surface area (TPSA) is 0 Å². The Bertz CT molecular complexity index is 75.5. The normalized spacial score (nSPS) is 15.7. The summed E-state index contributed by atoms with van der Waals surface area (Å²) in [5.74, 6) is 1.05. The molecule has 1 unspecified atom stereocenters. The van der Waals surface area contributed by atoms with E-state index in [1.54, 1.807) is 11.8 Å². The Kier molecular flexibility index (Phi) is 3.99. The number of halogens is 1. The van der Waals surface area contributed by atoms with Crippen molar-refractivity contribution in [2.45, 2.75) is 26.1 Å². The van der Waals surface area contributed by atoms with Crippen LogP contribution in [0.1, 0.15) is 20.8 Å². The molecule has 0 rings (SSSR count). The minimum absolute atomic E-state index is 0.255. The Morgan fingerprint density at radius 3 is 2.00 bits per heavy atom. The van der Waals surface area contributed by atoms with Crippen LogP contribution in [0.2, 0.25) is 0 Å². The molecular weight excluding hydrogens is 152 g/mol. The molecule has 0 bridgehead atoms. The lowest BCUT2D eigenvalue weighted by Crippen LogP contribution is -2.22. The number of hydrogen-bond acceptors (Lipinski definition) is 1. The van der Waals surface area contributed by atoms with E-state index in [2.05, 4.69) is 27.0 Å². The quantitative estimate of drug-likeness (QED) is 0.569. The highest BCUT2D eigenvalue weighted by molar-refractivity contribution is 7.98. The van der Waals surface area contributed by atoms with E-state index < -0.39 is 0 Å². The molecule has 0 N–H and O–H groups in total. The van der Waals surface area contributed by atoms with Crippen LogP contribution in [0.4, 0.5) is 0 Å². The molecule has 0 nitrogen and oxygen atoms in total. The zero-order chi connectivity index (χ0) is 7.49. The summed E-state index contributed by atoms with van der Waals surface area (Å²) in [6.45, 7) is 6.50. The molecule has 0 fully saturated rings. The third-order valence-corrected chi connectivity index (χ3v) is 2.91. The van der Waals surface area contributed by atoms with E-state index in [1.165, 1.54) is 0 Å². The molecule has 0 aromatic heterocycles. The molecule has 0 aliphatic heterocycles. The van der Waals surface area contributed by atoms with Crippen LogP contribution >= 0.6 is 23.4 Å². The lowest BCUT2D eigenvalue weighted by atomic mass is 9.93. The highest BCUT2D eigenvalue weighted by Gasteiger charge is 2.20. The molecular formula is C7H15ClS. The lowest BCUT2D eigenvalue weighted by Gasteiger charge is -2.23. The fourth-order valence-electron chi connectivity index (χ4n) is 0.396. The summed E-state index contributed by atoms with van der Waals surface area (Å²) in [6.07, 6.45) is 2.08. The monoisotopic (exact) mass is 166 g/mol. The fourth-order valence-corrected chi connectivity index (χ4v) is 1.57. The van der Waals surface area contributed by atoms with Gasteiger partial charge < -0.3 is 0 Å². The summed E-state index contributed by atoms with van der Waals surface area (Å²) >= 11 is 7.84. The molecule has 1 atom stereocenters. The second-order valence-corrected chi connectivity index (χ2v) is 4.73. The predicted molar refractivity (Wildman–Crippen MR) is 47.5 cm³/mol. The van der Waals surface area contributed by atoms with Crippen molar-refractivity contribution in [1.29, 1.82) is 0 Å². The molecule has 2 heteroatoms. The summed E-state index contributed by atoms with van der Waals surface area (Å²) in [5, 5.41) is 0.299. The van der Waals surface area contributed by atoms with Gasteiger partial charge in [-0.3, -0.25) is 0 Å². The van der Waals surface area contributed by atoms with E-state index in [-0.39, 0.29) is 5.41 Å². The molecule has 0 radical (unpaired) electrons. The van der Waals surface area contributed by atoms with Crippen LogP contribution in [-0.4, -0.2) is 17.4 Å². The first kappa shape index (κ1) is 9.64. The summed E-state index contributed by atoms with van der Waals surface area (Å²) in [6, 6.07) is 0. The first-order valence-electron chi connectivity index (χ1n) is 3.11. The van der Waals surface area contributed by atoms with Crippen molar-refractivity contribution in [3.63, 3.8) is 0 Å². The van der Waals surface area contributed by atoms with Gasteiger partial charge in [-0.25, -0.2) is 0 Å². The molecule has 56 valence electrons. The van der Waals surface area contributed by atoms with Crippen LogP contribution in [0.15, 0.2) is 0 Å². The molecule has 0 heterocycles. The molecule has 0 aliphatic carbocycles. The first-order valence-corrected chi connectivity index (χ1v) is 4.94. The van der Waals surface area contributed by atoms with Crippen molar-refractivity contribution in [3.05, 3.63) is 0 Å². The van der Waals surface area contributed by atoms with Gasteiger partial charge in [-0.1, -0.05) is 20.8 Å². The Labute approximate surface area is 67.4 Å². The first-order chi connectivity index (χ1) is 3.98. The van der Waals surface area contributed by atoms with E-state index in [1.807, 2.05) is 0 Å². The molecule has 9 heavy (non-hydrogen) atoms. The average Bonchev–Trinajstić information content (AvgIpc) is 1.64. The standard InChI is InChI=1S/C7H15ClS/c1-7(2,3)6(8)5-9-4/h6H,5H2,1-4H3. The Morgan fingerprint density at radius 2 is 1.89 bits per heavy atom. The van der Waals surface area contributed by atoms with E-state index in [0.29, 0.717) is 5.38 Å². The summed E-state index contributed by atoms with van der Waals surface area (Å²) in [5.41, 5.74) is 0.255. The van der Waals surface area contributed by atoms with Crippen LogP contribution in [0, 0.1) is 5.41 Å². The van der Waals surface area contributed by atoms with Crippen molar-refractivity contribution in [2.75, 3.05) is 12.0 Å². The molecule has 0 saturated heterocycles. The smallest absolute Gasteiger partial charge is 0.0474 e. The lowest BCUT2D eigenvalue weighted by molar-refractivity contribution is 0.409. The van der Waals surface area contributed by atoms with Gasteiger partial charge in [-0.15, -0.1) is 11.6 Å².